The Bertz CT molecular complexity index is 318. The predicted octanol–water partition coefficient (Wildman–Crippen LogP) is 3.59. The largest absolute Gasteiger partial charge is 0.372 e. The normalized spacial score (nSPS) is 14.4. The fourth-order valence-electron chi connectivity index (χ4n) is 2.03. The minimum atomic E-state index is 0.419. The summed E-state index contributed by atoms with van der Waals surface area (Å²) in [6, 6.07) is 9.89. The molecule has 0 aliphatic rings. The number of anilines is 1. The van der Waals surface area contributed by atoms with Gasteiger partial charge >= 0.3 is 0 Å². The minimum absolute atomic E-state index is 0.419. The SMILES string of the molecule is CCCC(C)N(C)c1ccc(C(C)NC)cc1. The third-order valence-electron chi connectivity index (χ3n) is 3.60. The van der Waals surface area contributed by atoms with E-state index in [0.717, 1.165) is 0 Å². The van der Waals surface area contributed by atoms with Gasteiger partial charge in [0.15, 0.2) is 0 Å². The van der Waals surface area contributed by atoms with E-state index >= 15 is 0 Å². The van der Waals surface area contributed by atoms with Crippen LogP contribution in [0.5, 0.6) is 0 Å². The third kappa shape index (κ3) is 3.74. The van der Waals surface area contributed by atoms with Gasteiger partial charge in [0, 0.05) is 24.8 Å². The highest BCUT2D eigenvalue weighted by atomic mass is 15.1. The number of benzene rings is 1. The third-order valence-corrected chi connectivity index (χ3v) is 3.60. The monoisotopic (exact) mass is 234 g/mol. The van der Waals surface area contributed by atoms with Crippen molar-refractivity contribution in [3.05, 3.63) is 29.8 Å². The zero-order chi connectivity index (χ0) is 12.8. The first-order valence-corrected chi connectivity index (χ1v) is 6.60. The smallest absolute Gasteiger partial charge is 0.0366 e. The van der Waals surface area contributed by atoms with E-state index in [-0.39, 0.29) is 0 Å². The number of hydrogen-bond acceptors (Lipinski definition) is 2. The molecule has 1 rings (SSSR count). The summed E-state index contributed by atoms with van der Waals surface area (Å²) in [6.07, 6.45) is 2.48. The van der Waals surface area contributed by atoms with Crippen LogP contribution in [0.1, 0.15) is 45.2 Å². The Hall–Kier alpha value is -1.02. The first kappa shape index (κ1) is 14.0. The molecule has 0 saturated carbocycles. The van der Waals surface area contributed by atoms with E-state index in [4.69, 9.17) is 0 Å². The molecule has 2 nitrogen and oxygen atoms in total. The van der Waals surface area contributed by atoms with Crippen molar-refractivity contribution < 1.29 is 0 Å². The van der Waals surface area contributed by atoms with Gasteiger partial charge in [-0.25, -0.2) is 0 Å². The average Bonchev–Trinajstić information content (AvgIpc) is 2.37. The second-order valence-corrected chi connectivity index (χ2v) is 4.85. The van der Waals surface area contributed by atoms with E-state index in [1.807, 2.05) is 7.05 Å². The summed E-state index contributed by atoms with van der Waals surface area (Å²) < 4.78 is 0. The van der Waals surface area contributed by atoms with Gasteiger partial charge in [0.25, 0.3) is 0 Å². The lowest BCUT2D eigenvalue weighted by Gasteiger charge is -2.27. The lowest BCUT2D eigenvalue weighted by atomic mass is 10.1. The molecule has 1 aromatic carbocycles. The van der Waals surface area contributed by atoms with Gasteiger partial charge in [0.05, 0.1) is 0 Å². The van der Waals surface area contributed by atoms with Crippen molar-refractivity contribution in [2.24, 2.45) is 0 Å². The zero-order valence-electron chi connectivity index (χ0n) is 11.8. The van der Waals surface area contributed by atoms with Gasteiger partial charge in [-0.15, -0.1) is 0 Å². The van der Waals surface area contributed by atoms with E-state index < -0.39 is 0 Å². The van der Waals surface area contributed by atoms with Crippen LogP contribution in [0.25, 0.3) is 0 Å². The van der Waals surface area contributed by atoms with Gasteiger partial charge in [0.1, 0.15) is 0 Å². The molecule has 0 aliphatic heterocycles. The van der Waals surface area contributed by atoms with E-state index in [0.29, 0.717) is 12.1 Å². The molecule has 2 unspecified atom stereocenters. The van der Waals surface area contributed by atoms with Crippen LogP contribution in [0.4, 0.5) is 5.69 Å². The summed E-state index contributed by atoms with van der Waals surface area (Å²) >= 11 is 0. The number of nitrogens with zero attached hydrogens (tertiary/aromatic N) is 1. The summed E-state index contributed by atoms with van der Waals surface area (Å²) in [5.41, 5.74) is 2.64. The molecule has 2 heteroatoms. The lowest BCUT2D eigenvalue weighted by molar-refractivity contribution is 0.615. The molecule has 96 valence electrons. The lowest BCUT2D eigenvalue weighted by Crippen LogP contribution is -2.28. The standard InChI is InChI=1S/C15H26N2/c1-6-7-12(2)17(5)15-10-8-14(9-11-15)13(3)16-4/h8-13,16H,6-7H2,1-5H3. The Balaban J connectivity index is 2.73. The molecular weight excluding hydrogens is 208 g/mol. The number of hydrogen-bond donors (Lipinski definition) is 1. The first-order valence-electron chi connectivity index (χ1n) is 6.60. The summed E-state index contributed by atoms with van der Waals surface area (Å²) in [5.74, 6) is 0. The molecule has 0 radical (unpaired) electrons. The van der Waals surface area contributed by atoms with Gasteiger partial charge in [-0.2, -0.15) is 0 Å². The Morgan fingerprint density at radius 1 is 1.18 bits per heavy atom. The van der Waals surface area contributed by atoms with E-state index in [2.05, 4.69) is 62.3 Å². The molecule has 17 heavy (non-hydrogen) atoms. The number of nitrogens with one attached hydrogen (secondary N) is 1. The highest BCUT2D eigenvalue weighted by Gasteiger charge is 2.09. The molecule has 0 amide bonds. The van der Waals surface area contributed by atoms with Gasteiger partial charge in [-0.3, -0.25) is 0 Å². The van der Waals surface area contributed by atoms with Crippen LogP contribution in [0, 0.1) is 0 Å². The summed E-state index contributed by atoms with van der Waals surface area (Å²) in [7, 11) is 4.17. The molecule has 0 fully saturated rings. The van der Waals surface area contributed by atoms with Crippen LogP contribution in [0.2, 0.25) is 0 Å². The number of rotatable bonds is 6. The molecule has 2 atom stereocenters. The van der Waals surface area contributed by atoms with E-state index in [9.17, 15) is 0 Å². The Morgan fingerprint density at radius 2 is 1.76 bits per heavy atom. The maximum absolute atomic E-state index is 3.26. The predicted molar refractivity (Wildman–Crippen MR) is 76.7 cm³/mol. The fraction of sp³-hybridized carbons (Fsp3) is 0.600. The molecule has 0 heterocycles. The quantitative estimate of drug-likeness (QED) is 0.809. The molecule has 1 N–H and O–H groups in total. The van der Waals surface area contributed by atoms with Crippen LogP contribution in [-0.2, 0) is 0 Å². The average molecular weight is 234 g/mol. The highest BCUT2D eigenvalue weighted by Crippen LogP contribution is 2.20. The summed E-state index contributed by atoms with van der Waals surface area (Å²) in [5, 5.41) is 3.26. The molecule has 0 bridgehead atoms. The second-order valence-electron chi connectivity index (χ2n) is 4.85. The topological polar surface area (TPSA) is 15.3 Å². The maximum atomic E-state index is 3.26. The van der Waals surface area contributed by atoms with Crippen molar-refractivity contribution in [2.45, 2.75) is 45.7 Å². The van der Waals surface area contributed by atoms with Crippen molar-refractivity contribution in [3.8, 4) is 0 Å². The zero-order valence-corrected chi connectivity index (χ0v) is 11.8. The van der Waals surface area contributed by atoms with Crippen LogP contribution in [0.3, 0.4) is 0 Å². The molecule has 0 spiro atoms. The summed E-state index contributed by atoms with van der Waals surface area (Å²) in [4.78, 5) is 2.36. The van der Waals surface area contributed by atoms with E-state index in [1.54, 1.807) is 0 Å². The molecule has 0 saturated heterocycles. The van der Waals surface area contributed by atoms with Crippen molar-refractivity contribution >= 4 is 5.69 Å². The second kappa shape index (κ2) is 6.65. The Labute approximate surface area is 106 Å². The molecule has 0 aliphatic carbocycles. The van der Waals surface area contributed by atoms with Gasteiger partial charge in [-0.1, -0.05) is 25.5 Å². The first-order chi connectivity index (χ1) is 8.10. The van der Waals surface area contributed by atoms with Crippen LogP contribution < -0.4 is 10.2 Å². The van der Waals surface area contributed by atoms with E-state index in [1.165, 1.54) is 24.1 Å². The fourth-order valence-corrected chi connectivity index (χ4v) is 2.03. The highest BCUT2D eigenvalue weighted by molar-refractivity contribution is 5.48. The maximum Gasteiger partial charge on any atom is 0.0366 e. The van der Waals surface area contributed by atoms with Crippen LogP contribution in [0.15, 0.2) is 24.3 Å². The molecular formula is C15H26N2. The van der Waals surface area contributed by atoms with Gasteiger partial charge in [-0.05, 0) is 45.0 Å². The van der Waals surface area contributed by atoms with Crippen molar-refractivity contribution in [2.75, 3.05) is 19.0 Å². The van der Waals surface area contributed by atoms with Crippen LogP contribution in [-0.4, -0.2) is 20.1 Å². The van der Waals surface area contributed by atoms with Crippen molar-refractivity contribution in [1.82, 2.24) is 5.32 Å². The van der Waals surface area contributed by atoms with Crippen molar-refractivity contribution in [1.29, 1.82) is 0 Å². The van der Waals surface area contributed by atoms with Crippen molar-refractivity contribution in [3.63, 3.8) is 0 Å². The van der Waals surface area contributed by atoms with Gasteiger partial charge < -0.3 is 10.2 Å². The summed E-state index contributed by atoms with van der Waals surface area (Å²) in [6.45, 7) is 6.70. The molecule has 1 aromatic rings. The van der Waals surface area contributed by atoms with Crippen LogP contribution >= 0.6 is 0 Å². The van der Waals surface area contributed by atoms with Gasteiger partial charge in [0.2, 0.25) is 0 Å². The Kier molecular flexibility index (Phi) is 5.49. The molecule has 0 aromatic heterocycles. The minimum Gasteiger partial charge on any atom is -0.372 e. The Morgan fingerprint density at radius 3 is 2.24 bits per heavy atom.